The van der Waals surface area contributed by atoms with Crippen molar-refractivity contribution in [2.75, 3.05) is 33.9 Å². The molecule has 5 nitrogen and oxygen atoms in total. The highest BCUT2D eigenvalue weighted by molar-refractivity contribution is 5.86. The van der Waals surface area contributed by atoms with Crippen molar-refractivity contribution in [2.45, 2.75) is 31.4 Å². The molecule has 2 unspecified atom stereocenters. The van der Waals surface area contributed by atoms with Crippen LogP contribution in [0.4, 0.5) is 0 Å². The van der Waals surface area contributed by atoms with E-state index in [1.807, 2.05) is 6.92 Å². The van der Waals surface area contributed by atoms with Crippen LogP contribution in [0, 0.1) is 0 Å². The lowest BCUT2D eigenvalue weighted by molar-refractivity contribution is -0.137. The Balaban J connectivity index is 2.46. The van der Waals surface area contributed by atoms with Gasteiger partial charge in [0.2, 0.25) is 5.91 Å². The van der Waals surface area contributed by atoms with Gasteiger partial charge in [-0.15, -0.1) is 0 Å². The van der Waals surface area contributed by atoms with Gasteiger partial charge in [-0.25, -0.2) is 0 Å². The fourth-order valence-corrected chi connectivity index (χ4v) is 2.14. The summed E-state index contributed by atoms with van der Waals surface area (Å²) in [5.74, 6) is 0.0418. The molecule has 1 aliphatic heterocycles. The Morgan fingerprint density at radius 2 is 2.38 bits per heavy atom. The molecule has 0 bridgehead atoms. The van der Waals surface area contributed by atoms with Gasteiger partial charge in [0.25, 0.3) is 0 Å². The number of rotatable bonds is 5. The van der Waals surface area contributed by atoms with E-state index in [1.165, 1.54) is 7.11 Å². The molecule has 0 aliphatic carbocycles. The van der Waals surface area contributed by atoms with Gasteiger partial charge in [-0.2, -0.15) is 0 Å². The smallest absolute Gasteiger partial charge is 0.242 e. The molecular weight excluding hydrogens is 208 g/mol. The number of nitrogens with zero attached hydrogens (tertiary/aromatic N) is 1. The average Bonchev–Trinajstić information content (AvgIpc) is 2.65. The van der Waals surface area contributed by atoms with Crippen LogP contribution in [0.5, 0.6) is 0 Å². The molecule has 0 aromatic carbocycles. The van der Waals surface area contributed by atoms with Gasteiger partial charge in [0, 0.05) is 20.7 Å². The Bertz CT molecular complexity index is 239. The topological polar surface area (TPSA) is 61.8 Å². The van der Waals surface area contributed by atoms with Gasteiger partial charge in [-0.05, 0) is 26.3 Å². The molecule has 0 spiro atoms. The molecule has 2 N–H and O–H groups in total. The van der Waals surface area contributed by atoms with E-state index in [4.69, 9.17) is 4.74 Å². The van der Waals surface area contributed by atoms with E-state index in [0.29, 0.717) is 6.54 Å². The minimum absolute atomic E-state index is 0.0418. The number of methoxy groups -OCH3 is 1. The maximum atomic E-state index is 12.1. The summed E-state index contributed by atoms with van der Waals surface area (Å²) < 4.78 is 4.83. The van der Waals surface area contributed by atoms with Gasteiger partial charge < -0.3 is 20.1 Å². The van der Waals surface area contributed by atoms with Crippen LogP contribution in [-0.4, -0.2) is 61.4 Å². The Morgan fingerprint density at radius 1 is 1.69 bits per heavy atom. The summed E-state index contributed by atoms with van der Waals surface area (Å²) in [6.07, 6.45) is 1.26. The molecule has 5 heteroatoms. The quantitative estimate of drug-likeness (QED) is 0.674. The summed E-state index contributed by atoms with van der Waals surface area (Å²) in [4.78, 5) is 13.7. The van der Waals surface area contributed by atoms with Crippen LogP contribution in [0.25, 0.3) is 0 Å². The number of aliphatic hydroxyl groups is 1. The Hall–Kier alpha value is -0.650. The zero-order valence-electron chi connectivity index (χ0n) is 10.3. The third-order valence-electron chi connectivity index (χ3n) is 3.03. The Kier molecular flexibility index (Phi) is 4.70. The number of ether oxygens (including phenoxy) is 1. The highest BCUT2D eigenvalue weighted by Gasteiger charge is 2.38. The molecule has 2 atom stereocenters. The monoisotopic (exact) mass is 230 g/mol. The maximum absolute atomic E-state index is 12.1. The molecule has 1 amide bonds. The zero-order chi connectivity index (χ0) is 12.2. The van der Waals surface area contributed by atoms with Crippen molar-refractivity contribution in [2.24, 2.45) is 0 Å². The fourth-order valence-electron chi connectivity index (χ4n) is 2.14. The van der Waals surface area contributed by atoms with Crippen molar-refractivity contribution < 1.29 is 14.6 Å². The minimum Gasteiger partial charge on any atom is -0.389 e. The molecule has 0 aromatic heterocycles. The molecule has 1 heterocycles. The van der Waals surface area contributed by atoms with Crippen molar-refractivity contribution in [1.29, 1.82) is 0 Å². The second-order valence-electron chi connectivity index (χ2n) is 4.66. The van der Waals surface area contributed by atoms with Gasteiger partial charge >= 0.3 is 0 Å². The Labute approximate surface area is 96.8 Å². The number of aliphatic hydroxyl groups excluding tert-OH is 1. The molecule has 0 aromatic rings. The van der Waals surface area contributed by atoms with Gasteiger partial charge in [0.05, 0.1) is 18.2 Å². The lowest BCUT2D eigenvalue weighted by Crippen LogP contribution is -2.53. The Morgan fingerprint density at radius 3 is 2.88 bits per heavy atom. The number of likely N-dealkylation sites (N-methyl/N-ethyl adjacent to an activating group) is 1. The standard InChI is InChI=1S/C11H22N2O3/c1-11(5-4-6-12-11)10(15)13(2)7-9(14)8-16-3/h9,12,14H,4-8H2,1-3H3. The number of hydrogen-bond donors (Lipinski definition) is 2. The van der Waals surface area contributed by atoms with Gasteiger partial charge in [-0.1, -0.05) is 0 Å². The molecule has 1 aliphatic rings. The van der Waals surface area contributed by atoms with Crippen molar-refractivity contribution >= 4 is 5.91 Å². The molecule has 94 valence electrons. The van der Waals surface area contributed by atoms with E-state index in [2.05, 4.69) is 5.32 Å². The molecule has 1 saturated heterocycles. The summed E-state index contributed by atoms with van der Waals surface area (Å²) in [7, 11) is 3.25. The second-order valence-corrected chi connectivity index (χ2v) is 4.66. The first-order valence-electron chi connectivity index (χ1n) is 5.67. The average molecular weight is 230 g/mol. The predicted octanol–water partition coefficient (Wildman–Crippen LogP) is -0.406. The molecular formula is C11H22N2O3. The van der Waals surface area contributed by atoms with Gasteiger partial charge in [0.1, 0.15) is 0 Å². The van der Waals surface area contributed by atoms with Crippen LogP contribution in [0.2, 0.25) is 0 Å². The summed E-state index contributed by atoms with van der Waals surface area (Å²) in [6.45, 7) is 3.37. The SMILES string of the molecule is COCC(O)CN(C)C(=O)C1(C)CCCN1. The number of carbonyl (C=O) groups is 1. The predicted molar refractivity (Wildman–Crippen MR) is 61.2 cm³/mol. The van der Waals surface area contributed by atoms with Crippen molar-refractivity contribution in [3.63, 3.8) is 0 Å². The number of nitrogens with one attached hydrogen (secondary N) is 1. The second kappa shape index (κ2) is 5.61. The summed E-state index contributed by atoms with van der Waals surface area (Å²) in [5, 5.41) is 12.8. The van der Waals surface area contributed by atoms with E-state index in [9.17, 15) is 9.90 Å². The highest BCUT2D eigenvalue weighted by atomic mass is 16.5. The lowest BCUT2D eigenvalue weighted by Gasteiger charge is -2.30. The first-order chi connectivity index (χ1) is 7.49. The summed E-state index contributed by atoms with van der Waals surface area (Å²) in [6, 6.07) is 0. The van der Waals surface area contributed by atoms with E-state index in [-0.39, 0.29) is 12.5 Å². The number of amides is 1. The van der Waals surface area contributed by atoms with Crippen LogP contribution < -0.4 is 5.32 Å². The lowest BCUT2D eigenvalue weighted by atomic mass is 9.98. The van der Waals surface area contributed by atoms with E-state index >= 15 is 0 Å². The molecule has 16 heavy (non-hydrogen) atoms. The minimum atomic E-state index is -0.621. The van der Waals surface area contributed by atoms with Gasteiger partial charge in [-0.3, -0.25) is 4.79 Å². The van der Waals surface area contributed by atoms with Crippen LogP contribution in [0.1, 0.15) is 19.8 Å². The fraction of sp³-hybridized carbons (Fsp3) is 0.909. The van der Waals surface area contributed by atoms with Crippen LogP contribution >= 0.6 is 0 Å². The van der Waals surface area contributed by atoms with Crippen LogP contribution in [0.3, 0.4) is 0 Å². The van der Waals surface area contributed by atoms with Crippen molar-refractivity contribution in [3.8, 4) is 0 Å². The van der Waals surface area contributed by atoms with Gasteiger partial charge in [0.15, 0.2) is 0 Å². The largest absolute Gasteiger partial charge is 0.389 e. The number of carbonyl (C=O) groups excluding carboxylic acids is 1. The summed E-state index contributed by atoms with van der Waals surface area (Å²) >= 11 is 0. The van der Waals surface area contributed by atoms with Crippen molar-refractivity contribution in [1.82, 2.24) is 10.2 Å². The third-order valence-corrected chi connectivity index (χ3v) is 3.03. The summed E-state index contributed by atoms with van der Waals surface area (Å²) in [5.41, 5.74) is -0.457. The molecule has 1 fully saturated rings. The first-order valence-corrected chi connectivity index (χ1v) is 5.67. The molecule has 0 saturated carbocycles. The highest BCUT2D eigenvalue weighted by Crippen LogP contribution is 2.20. The molecule has 0 radical (unpaired) electrons. The molecule has 1 rings (SSSR count). The van der Waals surface area contributed by atoms with Crippen LogP contribution in [0.15, 0.2) is 0 Å². The third kappa shape index (κ3) is 3.17. The van der Waals surface area contributed by atoms with Crippen LogP contribution in [-0.2, 0) is 9.53 Å². The van der Waals surface area contributed by atoms with E-state index in [0.717, 1.165) is 19.4 Å². The van der Waals surface area contributed by atoms with E-state index < -0.39 is 11.6 Å². The van der Waals surface area contributed by atoms with E-state index in [1.54, 1.807) is 11.9 Å². The van der Waals surface area contributed by atoms with Crippen molar-refractivity contribution in [3.05, 3.63) is 0 Å². The first kappa shape index (κ1) is 13.4. The number of hydrogen-bond acceptors (Lipinski definition) is 4. The zero-order valence-corrected chi connectivity index (χ0v) is 10.3. The normalized spacial score (nSPS) is 26.8. The maximum Gasteiger partial charge on any atom is 0.242 e.